The fourth-order valence-electron chi connectivity index (χ4n) is 3.22. The number of carbonyl (C=O) groups excluding carboxylic acids is 1. The summed E-state index contributed by atoms with van der Waals surface area (Å²) in [4.78, 5) is 25.0. The van der Waals surface area contributed by atoms with Crippen molar-refractivity contribution in [3.63, 3.8) is 0 Å². The Balaban J connectivity index is 2.24. The summed E-state index contributed by atoms with van der Waals surface area (Å²) in [6.07, 6.45) is 0.877. The third kappa shape index (κ3) is 3.40. The van der Waals surface area contributed by atoms with Gasteiger partial charge in [0.1, 0.15) is 11.5 Å². The third-order valence-electron chi connectivity index (χ3n) is 4.45. The highest BCUT2D eigenvalue weighted by Gasteiger charge is 2.35. The molecule has 2 heterocycles. The van der Waals surface area contributed by atoms with Crippen molar-refractivity contribution in [3.05, 3.63) is 69.5 Å². The quantitative estimate of drug-likeness (QED) is 0.832. The molecule has 0 amide bonds. The van der Waals surface area contributed by atoms with Gasteiger partial charge in [0.25, 0.3) is 5.56 Å². The van der Waals surface area contributed by atoms with Crippen molar-refractivity contribution in [1.82, 2.24) is 4.57 Å². The monoisotopic (exact) mass is 370 g/mol. The minimum Gasteiger partial charge on any atom is -0.496 e. The Morgan fingerprint density at radius 3 is 2.70 bits per heavy atom. The summed E-state index contributed by atoms with van der Waals surface area (Å²) in [6.45, 7) is 3.68. The second-order valence-electron chi connectivity index (χ2n) is 6.13. The smallest absolute Gasteiger partial charge is 0.496 e. The van der Waals surface area contributed by atoms with E-state index in [2.05, 4.69) is 5.32 Å². The topological polar surface area (TPSA) is 78.8 Å². The second-order valence-corrected chi connectivity index (χ2v) is 6.13. The number of aromatic nitrogens is 1. The molecule has 1 aromatic carbocycles. The molecule has 27 heavy (non-hydrogen) atoms. The van der Waals surface area contributed by atoms with Crippen LogP contribution in [-0.2, 0) is 16.5 Å². The Morgan fingerprint density at radius 2 is 2.00 bits per heavy atom. The van der Waals surface area contributed by atoms with Crippen molar-refractivity contribution < 1.29 is 19.0 Å². The molecule has 0 spiro atoms. The van der Waals surface area contributed by atoms with Crippen LogP contribution in [0.15, 0.2) is 52.8 Å². The number of hydrogen-bond acceptors (Lipinski definition) is 6. The SMILES string of the molecule is CCOC(=O)OC1=C(C)Nc2ccn(C)c(=O)c2C1c1ccccc1OC. The van der Waals surface area contributed by atoms with Crippen LogP contribution >= 0.6 is 0 Å². The number of aryl methyl sites for hydroxylation is 1. The lowest BCUT2D eigenvalue weighted by Gasteiger charge is -2.30. The van der Waals surface area contributed by atoms with Crippen LogP contribution in [0.4, 0.5) is 10.5 Å². The van der Waals surface area contributed by atoms with E-state index in [4.69, 9.17) is 14.2 Å². The van der Waals surface area contributed by atoms with Gasteiger partial charge in [-0.3, -0.25) is 4.79 Å². The van der Waals surface area contributed by atoms with Gasteiger partial charge in [-0.05, 0) is 26.0 Å². The van der Waals surface area contributed by atoms with Crippen molar-refractivity contribution in [3.8, 4) is 5.75 Å². The molecular weight excluding hydrogens is 348 g/mol. The third-order valence-corrected chi connectivity index (χ3v) is 4.45. The lowest BCUT2D eigenvalue weighted by atomic mass is 9.85. The first-order chi connectivity index (χ1) is 13.0. The molecule has 0 bridgehead atoms. The fraction of sp³-hybridized carbons (Fsp3) is 0.300. The number of ether oxygens (including phenoxy) is 3. The summed E-state index contributed by atoms with van der Waals surface area (Å²) in [5.41, 5.74) is 2.31. The first-order valence-electron chi connectivity index (χ1n) is 8.62. The highest BCUT2D eigenvalue weighted by atomic mass is 16.7. The van der Waals surface area contributed by atoms with Gasteiger partial charge in [0.2, 0.25) is 0 Å². The highest BCUT2D eigenvalue weighted by molar-refractivity contribution is 5.68. The number of pyridine rings is 1. The minimum atomic E-state index is -0.815. The Bertz CT molecular complexity index is 961. The predicted octanol–water partition coefficient (Wildman–Crippen LogP) is 3.36. The molecule has 0 aliphatic carbocycles. The average molecular weight is 370 g/mol. The summed E-state index contributed by atoms with van der Waals surface area (Å²) >= 11 is 0. The number of allylic oxidation sites excluding steroid dienone is 2. The lowest BCUT2D eigenvalue weighted by Crippen LogP contribution is -2.31. The maximum absolute atomic E-state index is 12.9. The van der Waals surface area contributed by atoms with Crippen LogP contribution in [0.25, 0.3) is 0 Å². The van der Waals surface area contributed by atoms with Gasteiger partial charge in [-0.15, -0.1) is 0 Å². The first-order valence-corrected chi connectivity index (χ1v) is 8.62. The number of para-hydroxylation sites is 1. The molecule has 0 radical (unpaired) electrons. The molecule has 0 fully saturated rings. The zero-order valence-corrected chi connectivity index (χ0v) is 15.7. The number of methoxy groups -OCH3 is 1. The molecule has 7 nitrogen and oxygen atoms in total. The first kappa shape index (κ1) is 18.6. The predicted molar refractivity (Wildman–Crippen MR) is 101 cm³/mol. The van der Waals surface area contributed by atoms with Crippen LogP contribution in [0, 0.1) is 0 Å². The average Bonchev–Trinajstić information content (AvgIpc) is 2.66. The molecule has 1 unspecified atom stereocenters. The van der Waals surface area contributed by atoms with E-state index in [1.807, 2.05) is 30.3 Å². The van der Waals surface area contributed by atoms with Crippen LogP contribution in [0.5, 0.6) is 5.75 Å². The van der Waals surface area contributed by atoms with E-state index in [-0.39, 0.29) is 12.2 Å². The van der Waals surface area contributed by atoms with Crippen LogP contribution in [0.3, 0.4) is 0 Å². The number of carbonyl (C=O) groups is 1. The molecule has 1 aliphatic heterocycles. The van der Waals surface area contributed by atoms with Gasteiger partial charge in [0.05, 0.1) is 30.9 Å². The maximum atomic E-state index is 12.9. The van der Waals surface area contributed by atoms with Crippen molar-refractivity contribution in [2.45, 2.75) is 19.8 Å². The van der Waals surface area contributed by atoms with E-state index in [1.165, 1.54) is 4.57 Å². The zero-order chi connectivity index (χ0) is 19.6. The van der Waals surface area contributed by atoms with Crippen molar-refractivity contribution >= 4 is 11.8 Å². The van der Waals surface area contributed by atoms with Crippen LogP contribution < -0.4 is 15.6 Å². The summed E-state index contributed by atoms with van der Waals surface area (Å²) in [6, 6.07) is 9.18. The fourth-order valence-corrected chi connectivity index (χ4v) is 3.22. The molecule has 1 N–H and O–H groups in total. The van der Waals surface area contributed by atoms with E-state index >= 15 is 0 Å². The highest BCUT2D eigenvalue weighted by Crippen LogP contribution is 2.43. The molecule has 1 aromatic heterocycles. The van der Waals surface area contributed by atoms with Gasteiger partial charge >= 0.3 is 6.16 Å². The number of benzene rings is 1. The van der Waals surface area contributed by atoms with E-state index in [0.29, 0.717) is 28.5 Å². The summed E-state index contributed by atoms with van der Waals surface area (Å²) in [7, 11) is 3.24. The normalized spacial score (nSPS) is 15.6. The minimum absolute atomic E-state index is 0.187. The standard InChI is InChI=1S/C20H22N2O5/c1-5-26-20(24)27-18-12(2)21-14-10-11-22(3)19(23)17(14)16(18)13-8-6-7-9-15(13)25-4/h6-11,16,21H,5H2,1-4H3. The molecule has 2 aromatic rings. The molecule has 0 saturated carbocycles. The van der Waals surface area contributed by atoms with Gasteiger partial charge in [0.15, 0.2) is 0 Å². The van der Waals surface area contributed by atoms with Gasteiger partial charge in [-0.25, -0.2) is 4.79 Å². The van der Waals surface area contributed by atoms with Gasteiger partial charge in [0, 0.05) is 24.5 Å². The molecule has 142 valence electrons. The lowest BCUT2D eigenvalue weighted by molar-refractivity contribution is 0.0776. The Morgan fingerprint density at radius 1 is 1.26 bits per heavy atom. The Hall–Kier alpha value is -3.22. The molecular formula is C20H22N2O5. The maximum Gasteiger partial charge on any atom is 0.513 e. The van der Waals surface area contributed by atoms with Gasteiger partial charge in [-0.2, -0.15) is 0 Å². The largest absolute Gasteiger partial charge is 0.513 e. The number of nitrogens with one attached hydrogen (secondary N) is 1. The van der Waals surface area contributed by atoms with Crippen LogP contribution in [-0.4, -0.2) is 24.4 Å². The number of hydrogen-bond donors (Lipinski definition) is 1. The van der Waals surface area contributed by atoms with Crippen molar-refractivity contribution in [2.75, 3.05) is 19.0 Å². The number of fused-ring (bicyclic) bond motifs is 1. The molecule has 1 atom stereocenters. The molecule has 1 aliphatic rings. The van der Waals surface area contributed by atoms with Crippen molar-refractivity contribution in [2.24, 2.45) is 7.05 Å². The number of anilines is 1. The molecule has 7 heteroatoms. The number of rotatable bonds is 4. The van der Waals surface area contributed by atoms with Gasteiger partial charge in [-0.1, -0.05) is 18.2 Å². The molecule has 3 rings (SSSR count). The van der Waals surface area contributed by atoms with Gasteiger partial charge < -0.3 is 24.1 Å². The molecule has 0 saturated heterocycles. The summed E-state index contributed by atoms with van der Waals surface area (Å²) in [5, 5.41) is 3.16. The van der Waals surface area contributed by atoms with E-state index in [1.54, 1.807) is 34.2 Å². The Kier molecular flexibility index (Phi) is 5.21. The Labute approximate surface area is 157 Å². The summed E-state index contributed by atoms with van der Waals surface area (Å²) in [5.74, 6) is 0.300. The van der Waals surface area contributed by atoms with E-state index in [9.17, 15) is 9.59 Å². The number of nitrogens with zero attached hydrogens (tertiary/aromatic N) is 1. The zero-order valence-electron chi connectivity index (χ0n) is 15.7. The van der Waals surface area contributed by atoms with E-state index in [0.717, 1.165) is 5.56 Å². The van der Waals surface area contributed by atoms with E-state index < -0.39 is 12.1 Å². The summed E-state index contributed by atoms with van der Waals surface area (Å²) < 4.78 is 17.4. The second kappa shape index (κ2) is 7.57. The van der Waals surface area contributed by atoms with Crippen LogP contribution in [0.2, 0.25) is 0 Å². The van der Waals surface area contributed by atoms with Crippen LogP contribution in [0.1, 0.15) is 30.9 Å². The van der Waals surface area contributed by atoms with Crippen molar-refractivity contribution in [1.29, 1.82) is 0 Å².